The Morgan fingerprint density at radius 2 is 2.00 bits per heavy atom. The minimum absolute atomic E-state index is 0.678. The van der Waals surface area contributed by atoms with Crippen molar-refractivity contribution in [2.45, 2.75) is 33.1 Å². The maximum absolute atomic E-state index is 5.53. The normalized spacial score (nSPS) is 10.4. The molecular formula is C15H22N6. The van der Waals surface area contributed by atoms with Crippen LogP contribution < -0.4 is 16.6 Å². The van der Waals surface area contributed by atoms with Crippen LogP contribution in [0.1, 0.15) is 30.3 Å². The number of hydrazine groups is 1. The van der Waals surface area contributed by atoms with E-state index in [0.717, 1.165) is 43.0 Å². The number of hydrogen-bond donors (Lipinski definition) is 3. The molecule has 0 aliphatic heterocycles. The Morgan fingerprint density at radius 1 is 1.19 bits per heavy atom. The molecule has 0 saturated carbocycles. The molecule has 2 aromatic rings. The number of nitrogens with zero attached hydrogens (tertiary/aromatic N) is 3. The van der Waals surface area contributed by atoms with Crippen molar-refractivity contribution in [3.63, 3.8) is 0 Å². The Balaban J connectivity index is 2.06. The number of rotatable bonds is 7. The van der Waals surface area contributed by atoms with E-state index in [1.54, 1.807) is 6.20 Å². The fraction of sp³-hybridized carbons (Fsp3) is 0.400. The third-order valence-electron chi connectivity index (χ3n) is 3.23. The second kappa shape index (κ2) is 7.54. The molecule has 112 valence electrons. The molecule has 6 heteroatoms. The van der Waals surface area contributed by atoms with Gasteiger partial charge in [-0.2, -0.15) is 0 Å². The molecule has 2 rings (SSSR count). The molecule has 0 unspecified atom stereocenters. The summed E-state index contributed by atoms with van der Waals surface area (Å²) in [6.45, 7) is 4.85. The fourth-order valence-corrected chi connectivity index (χ4v) is 2.08. The third kappa shape index (κ3) is 4.13. The van der Waals surface area contributed by atoms with Crippen LogP contribution in [0.25, 0.3) is 0 Å². The van der Waals surface area contributed by atoms with Crippen LogP contribution in [0.15, 0.2) is 24.5 Å². The molecule has 2 heterocycles. The fourth-order valence-electron chi connectivity index (χ4n) is 2.08. The molecule has 0 radical (unpaired) electrons. The van der Waals surface area contributed by atoms with Crippen molar-refractivity contribution in [2.24, 2.45) is 5.84 Å². The molecule has 21 heavy (non-hydrogen) atoms. The first-order valence-corrected chi connectivity index (χ1v) is 7.21. The molecule has 0 atom stereocenters. The standard InChI is InChI=1S/C15H22N6/c1-3-5-13-19-14(11(2)15(20-13)21-16)18-9-7-12-6-4-8-17-10-12/h4,6,8,10H,3,5,7,9,16H2,1-2H3,(H2,18,19,20,21). The van der Waals surface area contributed by atoms with Gasteiger partial charge in [-0.15, -0.1) is 0 Å². The van der Waals surface area contributed by atoms with Crippen molar-refractivity contribution in [3.05, 3.63) is 41.5 Å². The molecular weight excluding hydrogens is 264 g/mol. The first-order valence-electron chi connectivity index (χ1n) is 7.21. The zero-order valence-corrected chi connectivity index (χ0v) is 12.6. The van der Waals surface area contributed by atoms with Gasteiger partial charge in [0, 0.05) is 30.9 Å². The zero-order chi connectivity index (χ0) is 15.1. The van der Waals surface area contributed by atoms with Crippen LogP contribution in [-0.2, 0) is 12.8 Å². The molecule has 4 N–H and O–H groups in total. The van der Waals surface area contributed by atoms with E-state index in [4.69, 9.17) is 5.84 Å². The highest BCUT2D eigenvalue weighted by Gasteiger charge is 2.09. The van der Waals surface area contributed by atoms with Crippen molar-refractivity contribution in [1.29, 1.82) is 0 Å². The summed E-state index contributed by atoms with van der Waals surface area (Å²) in [4.78, 5) is 13.1. The number of aryl methyl sites for hydroxylation is 1. The quantitative estimate of drug-likeness (QED) is 0.533. The van der Waals surface area contributed by atoms with Gasteiger partial charge in [0.25, 0.3) is 0 Å². The number of anilines is 2. The van der Waals surface area contributed by atoms with Crippen LogP contribution in [-0.4, -0.2) is 21.5 Å². The lowest BCUT2D eigenvalue weighted by molar-refractivity contribution is 0.829. The van der Waals surface area contributed by atoms with E-state index >= 15 is 0 Å². The van der Waals surface area contributed by atoms with Gasteiger partial charge in [0.05, 0.1) is 0 Å². The summed E-state index contributed by atoms with van der Waals surface area (Å²) < 4.78 is 0. The Bertz CT molecular complexity index is 570. The summed E-state index contributed by atoms with van der Waals surface area (Å²) in [5, 5.41) is 3.36. The molecule has 0 aliphatic rings. The first kappa shape index (κ1) is 15.2. The van der Waals surface area contributed by atoms with Crippen LogP contribution in [0.2, 0.25) is 0 Å². The van der Waals surface area contributed by atoms with Gasteiger partial charge in [-0.1, -0.05) is 13.0 Å². The van der Waals surface area contributed by atoms with E-state index in [1.165, 1.54) is 5.56 Å². The summed E-state index contributed by atoms with van der Waals surface area (Å²) in [6, 6.07) is 4.01. The number of nitrogens with one attached hydrogen (secondary N) is 2. The van der Waals surface area contributed by atoms with Crippen LogP contribution in [0, 0.1) is 6.92 Å². The van der Waals surface area contributed by atoms with Crippen LogP contribution in [0.5, 0.6) is 0 Å². The molecule has 0 aromatic carbocycles. The second-order valence-corrected chi connectivity index (χ2v) is 4.89. The Kier molecular flexibility index (Phi) is 5.45. The van der Waals surface area contributed by atoms with E-state index in [-0.39, 0.29) is 0 Å². The van der Waals surface area contributed by atoms with E-state index in [0.29, 0.717) is 5.82 Å². The maximum atomic E-state index is 5.53. The second-order valence-electron chi connectivity index (χ2n) is 4.89. The molecule has 0 bridgehead atoms. The summed E-state index contributed by atoms with van der Waals surface area (Å²) in [7, 11) is 0. The number of aromatic nitrogens is 3. The zero-order valence-electron chi connectivity index (χ0n) is 12.6. The van der Waals surface area contributed by atoms with Gasteiger partial charge < -0.3 is 10.7 Å². The summed E-state index contributed by atoms with van der Waals surface area (Å²) in [5.41, 5.74) is 4.77. The summed E-state index contributed by atoms with van der Waals surface area (Å²) >= 11 is 0. The first-order chi connectivity index (χ1) is 10.2. The van der Waals surface area contributed by atoms with Gasteiger partial charge in [-0.25, -0.2) is 15.8 Å². The Labute approximate surface area is 125 Å². The van der Waals surface area contributed by atoms with Crippen molar-refractivity contribution in [1.82, 2.24) is 15.0 Å². The smallest absolute Gasteiger partial charge is 0.148 e. The molecule has 0 amide bonds. The van der Waals surface area contributed by atoms with E-state index < -0.39 is 0 Å². The predicted octanol–water partition coefficient (Wildman–Crippen LogP) is 2.07. The summed E-state index contributed by atoms with van der Waals surface area (Å²) in [5.74, 6) is 7.85. The lowest BCUT2D eigenvalue weighted by atomic mass is 10.2. The van der Waals surface area contributed by atoms with Gasteiger partial charge in [-0.05, 0) is 31.4 Å². The van der Waals surface area contributed by atoms with Crippen LogP contribution in [0.4, 0.5) is 11.6 Å². The van der Waals surface area contributed by atoms with E-state index in [1.807, 2.05) is 19.2 Å². The highest BCUT2D eigenvalue weighted by molar-refractivity contribution is 5.56. The molecule has 6 nitrogen and oxygen atoms in total. The van der Waals surface area contributed by atoms with Gasteiger partial charge in [0.15, 0.2) is 0 Å². The summed E-state index contributed by atoms with van der Waals surface area (Å²) in [6.07, 6.45) is 6.39. The lowest BCUT2D eigenvalue weighted by Gasteiger charge is -2.13. The van der Waals surface area contributed by atoms with Gasteiger partial charge >= 0.3 is 0 Å². The predicted molar refractivity (Wildman–Crippen MR) is 85.0 cm³/mol. The van der Waals surface area contributed by atoms with Gasteiger partial charge in [0.1, 0.15) is 17.5 Å². The average Bonchev–Trinajstić information content (AvgIpc) is 2.51. The SMILES string of the molecule is CCCc1nc(NN)c(C)c(NCCc2cccnc2)n1. The highest BCUT2D eigenvalue weighted by Crippen LogP contribution is 2.19. The minimum Gasteiger partial charge on any atom is -0.369 e. The molecule has 0 aliphatic carbocycles. The lowest BCUT2D eigenvalue weighted by Crippen LogP contribution is -2.16. The Hall–Kier alpha value is -2.21. The number of nitrogen functional groups attached to an aromatic ring is 1. The maximum Gasteiger partial charge on any atom is 0.148 e. The highest BCUT2D eigenvalue weighted by atomic mass is 15.3. The topological polar surface area (TPSA) is 88.8 Å². The molecule has 2 aromatic heterocycles. The van der Waals surface area contributed by atoms with Crippen molar-refractivity contribution in [3.8, 4) is 0 Å². The molecule has 0 fully saturated rings. The monoisotopic (exact) mass is 286 g/mol. The minimum atomic E-state index is 0.678. The Morgan fingerprint density at radius 3 is 2.67 bits per heavy atom. The van der Waals surface area contributed by atoms with E-state index in [9.17, 15) is 0 Å². The average molecular weight is 286 g/mol. The van der Waals surface area contributed by atoms with E-state index in [2.05, 4.69) is 38.7 Å². The van der Waals surface area contributed by atoms with Gasteiger partial charge in [-0.3, -0.25) is 4.98 Å². The number of pyridine rings is 1. The van der Waals surface area contributed by atoms with Gasteiger partial charge in [0.2, 0.25) is 0 Å². The third-order valence-corrected chi connectivity index (χ3v) is 3.23. The molecule has 0 spiro atoms. The van der Waals surface area contributed by atoms with Crippen molar-refractivity contribution >= 4 is 11.6 Å². The largest absolute Gasteiger partial charge is 0.369 e. The number of nitrogens with two attached hydrogens (primary N) is 1. The van der Waals surface area contributed by atoms with Crippen molar-refractivity contribution < 1.29 is 0 Å². The molecule has 0 saturated heterocycles. The number of hydrogen-bond acceptors (Lipinski definition) is 6. The van der Waals surface area contributed by atoms with Crippen LogP contribution in [0.3, 0.4) is 0 Å². The van der Waals surface area contributed by atoms with Crippen LogP contribution >= 0.6 is 0 Å². The van der Waals surface area contributed by atoms with Crippen molar-refractivity contribution in [2.75, 3.05) is 17.3 Å².